The molecule has 0 unspecified atom stereocenters. The van der Waals surface area contributed by atoms with E-state index in [9.17, 15) is 9.18 Å². The summed E-state index contributed by atoms with van der Waals surface area (Å²) in [5.41, 5.74) is 0.510. The van der Waals surface area contributed by atoms with Gasteiger partial charge in [-0.3, -0.25) is 9.69 Å². The summed E-state index contributed by atoms with van der Waals surface area (Å²) in [5, 5.41) is 8.95. The molecule has 0 atom stereocenters. The molecule has 1 aromatic carbocycles. The predicted molar refractivity (Wildman–Crippen MR) is 69.2 cm³/mol. The monoisotopic (exact) mass is 253 g/mol. The summed E-state index contributed by atoms with van der Waals surface area (Å²) in [5.74, 6) is -0.385. The highest BCUT2D eigenvalue weighted by Crippen LogP contribution is 2.05. The van der Waals surface area contributed by atoms with Crippen LogP contribution in [0.5, 0.6) is 0 Å². The Labute approximate surface area is 107 Å². The molecule has 0 heterocycles. The Balaban J connectivity index is 2.56. The van der Waals surface area contributed by atoms with Crippen molar-refractivity contribution in [2.45, 2.75) is 19.8 Å². The maximum Gasteiger partial charge on any atom is 0.176 e. The molecule has 0 aromatic heterocycles. The summed E-state index contributed by atoms with van der Waals surface area (Å²) in [6.45, 7) is 3.68. The summed E-state index contributed by atoms with van der Waals surface area (Å²) in [6, 6.07) is 5.56. The molecule has 0 spiro atoms. The van der Waals surface area contributed by atoms with Crippen molar-refractivity contribution in [1.82, 2.24) is 4.90 Å². The van der Waals surface area contributed by atoms with Crippen molar-refractivity contribution in [3.63, 3.8) is 0 Å². The van der Waals surface area contributed by atoms with Gasteiger partial charge in [0, 0.05) is 12.1 Å². The number of carbonyl (C=O) groups excluding carboxylic acids is 1. The smallest absolute Gasteiger partial charge is 0.176 e. The van der Waals surface area contributed by atoms with Gasteiger partial charge in [-0.2, -0.15) is 0 Å². The van der Waals surface area contributed by atoms with Crippen LogP contribution in [0, 0.1) is 5.82 Å². The molecule has 0 aliphatic heterocycles. The SMILES string of the molecule is CCCCN(CCO)CC(=O)c1ccc(F)cc1. The summed E-state index contributed by atoms with van der Waals surface area (Å²) in [6.07, 6.45) is 2.05. The van der Waals surface area contributed by atoms with Gasteiger partial charge >= 0.3 is 0 Å². The molecule has 18 heavy (non-hydrogen) atoms. The molecule has 4 heteroatoms. The first kappa shape index (κ1) is 14.8. The molecule has 1 rings (SSSR count). The van der Waals surface area contributed by atoms with Crippen molar-refractivity contribution < 1.29 is 14.3 Å². The second-order valence-corrected chi connectivity index (χ2v) is 4.28. The van der Waals surface area contributed by atoms with E-state index in [2.05, 4.69) is 6.92 Å². The highest BCUT2D eigenvalue weighted by Gasteiger charge is 2.11. The van der Waals surface area contributed by atoms with Crippen molar-refractivity contribution in [3.8, 4) is 0 Å². The fourth-order valence-electron chi connectivity index (χ4n) is 1.72. The second kappa shape index (κ2) is 7.95. The third kappa shape index (κ3) is 4.94. The normalized spacial score (nSPS) is 10.9. The first-order valence-electron chi connectivity index (χ1n) is 6.29. The highest BCUT2D eigenvalue weighted by atomic mass is 19.1. The zero-order valence-corrected chi connectivity index (χ0v) is 10.7. The van der Waals surface area contributed by atoms with Crippen LogP contribution in [0.25, 0.3) is 0 Å². The van der Waals surface area contributed by atoms with Crippen molar-refractivity contribution in [1.29, 1.82) is 0 Å². The lowest BCUT2D eigenvalue weighted by molar-refractivity contribution is 0.0913. The van der Waals surface area contributed by atoms with Crippen LogP contribution in [0.1, 0.15) is 30.1 Å². The Bertz CT molecular complexity index is 365. The van der Waals surface area contributed by atoms with Gasteiger partial charge in [0.2, 0.25) is 0 Å². The molecule has 0 aliphatic rings. The Kier molecular flexibility index (Phi) is 6.54. The minimum atomic E-state index is -0.343. The fraction of sp³-hybridized carbons (Fsp3) is 0.500. The summed E-state index contributed by atoms with van der Waals surface area (Å²) >= 11 is 0. The third-order valence-electron chi connectivity index (χ3n) is 2.78. The molecule has 100 valence electrons. The van der Waals surface area contributed by atoms with Crippen LogP contribution in [0.3, 0.4) is 0 Å². The van der Waals surface area contributed by atoms with E-state index in [1.54, 1.807) is 0 Å². The van der Waals surface area contributed by atoms with Crippen LogP contribution in [0.2, 0.25) is 0 Å². The molecular weight excluding hydrogens is 233 g/mol. The molecule has 0 radical (unpaired) electrons. The number of Topliss-reactive ketones (excluding diaryl/α,β-unsaturated/α-hetero) is 1. The van der Waals surface area contributed by atoms with Gasteiger partial charge < -0.3 is 5.11 Å². The average molecular weight is 253 g/mol. The topological polar surface area (TPSA) is 40.5 Å². The van der Waals surface area contributed by atoms with Gasteiger partial charge in [-0.25, -0.2) is 4.39 Å². The molecule has 0 saturated heterocycles. The van der Waals surface area contributed by atoms with E-state index in [1.807, 2.05) is 4.90 Å². The molecule has 0 amide bonds. The van der Waals surface area contributed by atoms with Gasteiger partial charge in [-0.15, -0.1) is 0 Å². The molecule has 0 bridgehead atoms. The average Bonchev–Trinajstić information content (AvgIpc) is 2.37. The number of hydrogen-bond donors (Lipinski definition) is 1. The number of nitrogens with zero attached hydrogens (tertiary/aromatic N) is 1. The van der Waals surface area contributed by atoms with Gasteiger partial charge in [-0.1, -0.05) is 13.3 Å². The van der Waals surface area contributed by atoms with E-state index in [0.29, 0.717) is 12.1 Å². The molecule has 0 aliphatic carbocycles. The highest BCUT2D eigenvalue weighted by molar-refractivity contribution is 5.97. The lowest BCUT2D eigenvalue weighted by Crippen LogP contribution is -2.33. The first-order valence-corrected chi connectivity index (χ1v) is 6.29. The molecule has 1 N–H and O–H groups in total. The zero-order chi connectivity index (χ0) is 13.4. The number of rotatable bonds is 8. The number of halogens is 1. The van der Waals surface area contributed by atoms with E-state index < -0.39 is 0 Å². The van der Waals surface area contributed by atoms with Gasteiger partial charge in [0.1, 0.15) is 5.82 Å². The lowest BCUT2D eigenvalue weighted by atomic mass is 10.1. The van der Waals surface area contributed by atoms with E-state index >= 15 is 0 Å². The van der Waals surface area contributed by atoms with E-state index in [0.717, 1.165) is 19.4 Å². The van der Waals surface area contributed by atoms with Crippen LogP contribution < -0.4 is 0 Å². The Morgan fingerprint density at radius 1 is 1.28 bits per heavy atom. The van der Waals surface area contributed by atoms with Crippen molar-refractivity contribution in [3.05, 3.63) is 35.6 Å². The quantitative estimate of drug-likeness (QED) is 0.721. The van der Waals surface area contributed by atoms with Gasteiger partial charge in [0.15, 0.2) is 5.78 Å². The molecule has 3 nitrogen and oxygen atoms in total. The number of carbonyl (C=O) groups is 1. The van der Waals surface area contributed by atoms with Crippen molar-refractivity contribution >= 4 is 5.78 Å². The van der Waals surface area contributed by atoms with E-state index in [-0.39, 0.29) is 24.8 Å². The first-order chi connectivity index (χ1) is 8.67. The van der Waals surface area contributed by atoms with Crippen molar-refractivity contribution in [2.24, 2.45) is 0 Å². The van der Waals surface area contributed by atoms with Crippen LogP contribution in [0.15, 0.2) is 24.3 Å². The number of ketones is 1. The number of aliphatic hydroxyl groups excluding tert-OH is 1. The van der Waals surface area contributed by atoms with Gasteiger partial charge in [0.25, 0.3) is 0 Å². The lowest BCUT2D eigenvalue weighted by Gasteiger charge is -2.20. The standard InChI is InChI=1S/C14H20FNO2/c1-2-3-8-16(9-10-17)11-14(18)12-4-6-13(15)7-5-12/h4-7,17H,2-3,8-11H2,1H3. The Morgan fingerprint density at radius 3 is 2.50 bits per heavy atom. The number of hydrogen-bond acceptors (Lipinski definition) is 3. The van der Waals surface area contributed by atoms with Crippen LogP contribution in [0.4, 0.5) is 4.39 Å². The van der Waals surface area contributed by atoms with E-state index in [4.69, 9.17) is 5.11 Å². The summed E-state index contributed by atoms with van der Waals surface area (Å²) in [7, 11) is 0. The minimum Gasteiger partial charge on any atom is -0.395 e. The van der Waals surface area contributed by atoms with Crippen LogP contribution >= 0.6 is 0 Å². The number of unbranched alkanes of at least 4 members (excludes halogenated alkanes) is 1. The molecule has 1 aromatic rings. The largest absolute Gasteiger partial charge is 0.395 e. The maximum absolute atomic E-state index is 12.7. The molecular formula is C14H20FNO2. The second-order valence-electron chi connectivity index (χ2n) is 4.28. The minimum absolute atomic E-state index is 0.0421. The Hall–Kier alpha value is -1.26. The number of aliphatic hydroxyl groups is 1. The molecule has 0 fully saturated rings. The maximum atomic E-state index is 12.7. The van der Waals surface area contributed by atoms with Gasteiger partial charge in [0.05, 0.1) is 13.2 Å². The zero-order valence-electron chi connectivity index (χ0n) is 10.7. The number of benzene rings is 1. The van der Waals surface area contributed by atoms with Crippen LogP contribution in [-0.2, 0) is 0 Å². The van der Waals surface area contributed by atoms with Crippen molar-refractivity contribution in [2.75, 3.05) is 26.2 Å². The van der Waals surface area contributed by atoms with E-state index in [1.165, 1.54) is 24.3 Å². The summed E-state index contributed by atoms with van der Waals surface area (Å²) in [4.78, 5) is 13.9. The predicted octanol–water partition coefficient (Wildman–Crippen LogP) is 2.10. The third-order valence-corrected chi connectivity index (χ3v) is 2.78. The van der Waals surface area contributed by atoms with Gasteiger partial charge in [-0.05, 0) is 37.2 Å². The fourth-order valence-corrected chi connectivity index (χ4v) is 1.72. The van der Waals surface area contributed by atoms with Crippen LogP contribution in [-0.4, -0.2) is 42.0 Å². The summed E-state index contributed by atoms with van der Waals surface area (Å²) < 4.78 is 12.7. The Morgan fingerprint density at radius 2 is 1.94 bits per heavy atom. The molecule has 0 saturated carbocycles.